The Bertz CT molecular complexity index is 1050. The molecule has 1 N–H and O–H groups in total. The van der Waals surface area contributed by atoms with E-state index in [9.17, 15) is 4.79 Å². The van der Waals surface area contributed by atoms with Gasteiger partial charge in [0.2, 0.25) is 0 Å². The summed E-state index contributed by atoms with van der Waals surface area (Å²) in [4.78, 5) is 25.6. The van der Waals surface area contributed by atoms with Crippen LogP contribution in [0.5, 0.6) is 0 Å². The molecular formula is C22H28N6OS2. The van der Waals surface area contributed by atoms with Gasteiger partial charge in [0.1, 0.15) is 5.82 Å². The molecule has 0 radical (unpaired) electrons. The van der Waals surface area contributed by atoms with Crippen molar-refractivity contribution < 1.29 is 4.79 Å². The first-order valence-electron chi connectivity index (χ1n) is 10.8. The molecule has 3 aromatic rings. The van der Waals surface area contributed by atoms with Gasteiger partial charge in [0.25, 0.3) is 5.91 Å². The smallest absolute Gasteiger partial charge is 0.252 e. The lowest BCUT2D eigenvalue weighted by Crippen LogP contribution is -2.28. The highest BCUT2D eigenvalue weighted by molar-refractivity contribution is 7.99. The summed E-state index contributed by atoms with van der Waals surface area (Å²) in [7, 11) is 0. The molecule has 9 heteroatoms. The molecule has 0 saturated carbocycles. The van der Waals surface area contributed by atoms with Crippen molar-refractivity contribution in [2.24, 2.45) is 0 Å². The minimum Gasteiger partial charge on any atom is -0.356 e. The fourth-order valence-corrected chi connectivity index (χ4v) is 5.12. The van der Waals surface area contributed by atoms with Gasteiger partial charge in [-0.05, 0) is 36.5 Å². The van der Waals surface area contributed by atoms with Crippen molar-refractivity contribution >= 4 is 46.3 Å². The molecule has 0 spiro atoms. The quantitative estimate of drug-likeness (QED) is 0.384. The third kappa shape index (κ3) is 4.98. The van der Waals surface area contributed by atoms with Crippen molar-refractivity contribution in [3.63, 3.8) is 0 Å². The summed E-state index contributed by atoms with van der Waals surface area (Å²) < 4.78 is 1.88. The lowest BCUT2D eigenvalue weighted by molar-refractivity contribution is 0.0949. The van der Waals surface area contributed by atoms with Gasteiger partial charge >= 0.3 is 0 Å². The SMILES string of the molecule is CCSc1nc(N2CCCC2)c2cnn(CCNC(=O)c3ccccc3SCC)c2n1. The third-order valence-corrected chi connectivity index (χ3v) is 6.86. The van der Waals surface area contributed by atoms with Gasteiger partial charge in [-0.3, -0.25) is 4.79 Å². The fourth-order valence-electron chi connectivity index (χ4n) is 3.75. The minimum absolute atomic E-state index is 0.0531. The summed E-state index contributed by atoms with van der Waals surface area (Å²) in [6, 6.07) is 7.74. The Labute approximate surface area is 191 Å². The van der Waals surface area contributed by atoms with E-state index < -0.39 is 0 Å². The highest BCUT2D eigenvalue weighted by Gasteiger charge is 2.21. The van der Waals surface area contributed by atoms with E-state index in [0.29, 0.717) is 13.1 Å². The molecule has 1 fully saturated rings. The minimum atomic E-state index is -0.0531. The molecule has 0 atom stereocenters. The van der Waals surface area contributed by atoms with Gasteiger partial charge in [-0.1, -0.05) is 37.7 Å². The molecule has 1 aliphatic rings. The van der Waals surface area contributed by atoms with Crippen LogP contribution < -0.4 is 10.2 Å². The number of hydrogen-bond acceptors (Lipinski definition) is 7. The second kappa shape index (κ2) is 10.4. The number of nitrogens with zero attached hydrogens (tertiary/aromatic N) is 5. The first-order valence-corrected chi connectivity index (χ1v) is 12.8. The van der Waals surface area contributed by atoms with Gasteiger partial charge in [-0.2, -0.15) is 5.10 Å². The second-order valence-corrected chi connectivity index (χ2v) is 9.78. The van der Waals surface area contributed by atoms with Crippen molar-refractivity contribution in [3.05, 3.63) is 36.0 Å². The Hall–Kier alpha value is -2.26. The van der Waals surface area contributed by atoms with Crippen molar-refractivity contribution in [2.45, 2.75) is 43.3 Å². The van der Waals surface area contributed by atoms with Gasteiger partial charge in [-0.15, -0.1) is 11.8 Å². The normalized spacial score (nSPS) is 13.8. The van der Waals surface area contributed by atoms with Crippen molar-refractivity contribution in [2.75, 3.05) is 36.0 Å². The number of amides is 1. The summed E-state index contributed by atoms with van der Waals surface area (Å²) in [5.41, 5.74) is 1.56. The Morgan fingerprint density at radius 3 is 2.65 bits per heavy atom. The van der Waals surface area contributed by atoms with E-state index in [0.717, 1.165) is 57.1 Å². The Kier molecular flexibility index (Phi) is 7.34. The van der Waals surface area contributed by atoms with Gasteiger partial charge < -0.3 is 10.2 Å². The van der Waals surface area contributed by atoms with Gasteiger partial charge in [0.05, 0.1) is 23.7 Å². The summed E-state index contributed by atoms with van der Waals surface area (Å²) >= 11 is 3.33. The zero-order valence-electron chi connectivity index (χ0n) is 18.0. The van der Waals surface area contributed by atoms with Crippen LogP contribution in [0.2, 0.25) is 0 Å². The van der Waals surface area contributed by atoms with E-state index in [4.69, 9.17) is 9.97 Å². The summed E-state index contributed by atoms with van der Waals surface area (Å²) in [5, 5.41) is 9.38. The number of benzene rings is 1. The number of thioether (sulfide) groups is 2. The first-order chi connectivity index (χ1) is 15.2. The predicted octanol–water partition coefficient (Wildman–Crippen LogP) is 4.08. The van der Waals surface area contributed by atoms with E-state index in [1.54, 1.807) is 23.5 Å². The summed E-state index contributed by atoms with van der Waals surface area (Å²) in [6.45, 7) is 7.29. The van der Waals surface area contributed by atoms with E-state index >= 15 is 0 Å². The summed E-state index contributed by atoms with van der Waals surface area (Å²) in [5.74, 6) is 2.78. The van der Waals surface area contributed by atoms with Gasteiger partial charge in [0.15, 0.2) is 10.8 Å². The van der Waals surface area contributed by atoms with Crippen molar-refractivity contribution in [1.82, 2.24) is 25.1 Å². The van der Waals surface area contributed by atoms with Crippen LogP contribution in [0.3, 0.4) is 0 Å². The largest absolute Gasteiger partial charge is 0.356 e. The van der Waals surface area contributed by atoms with Gasteiger partial charge in [0, 0.05) is 24.5 Å². The van der Waals surface area contributed by atoms with Crippen molar-refractivity contribution in [3.8, 4) is 0 Å². The van der Waals surface area contributed by atoms with E-state index in [1.165, 1.54) is 12.8 Å². The number of rotatable bonds is 9. The number of carbonyl (C=O) groups is 1. The Morgan fingerprint density at radius 2 is 1.87 bits per heavy atom. The maximum atomic E-state index is 12.7. The monoisotopic (exact) mass is 456 g/mol. The number of carbonyl (C=O) groups excluding carboxylic acids is 1. The van der Waals surface area contributed by atoms with Crippen LogP contribution in [-0.4, -0.2) is 56.8 Å². The average molecular weight is 457 g/mol. The molecule has 31 heavy (non-hydrogen) atoms. The number of fused-ring (bicyclic) bond motifs is 1. The molecule has 164 valence electrons. The zero-order valence-corrected chi connectivity index (χ0v) is 19.6. The van der Waals surface area contributed by atoms with Crippen LogP contribution in [0.1, 0.15) is 37.0 Å². The number of anilines is 1. The van der Waals surface area contributed by atoms with E-state index in [2.05, 4.69) is 29.2 Å². The topological polar surface area (TPSA) is 75.9 Å². The molecule has 1 amide bonds. The van der Waals surface area contributed by atoms with Crippen LogP contribution in [0.15, 0.2) is 40.5 Å². The molecular weight excluding hydrogens is 428 g/mol. The average Bonchev–Trinajstić information content (AvgIpc) is 3.45. The lowest BCUT2D eigenvalue weighted by Gasteiger charge is -2.17. The van der Waals surface area contributed by atoms with E-state index in [1.807, 2.05) is 35.1 Å². The van der Waals surface area contributed by atoms with Crippen LogP contribution in [-0.2, 0) is 6.54 Å². The molecule has 0 unspecified atom stereocenters. The zero-order chi connectivity index (χ0) is 21.6. The molecule has 1 saturated heterocycles. The van der Waals surface area contributed by atoms with E-state index in [-0.39, 0.29) is 5.91 Å². The van der Waals surface area contributed by atoms with Crippen LogP contribution >= 0.6 is 23.5 Å². The highest BCUT2D eigenvalue weighted by atomic mass is 32.2. The molecule has 7 nitrogen and oxygen atoms in total. The molecule has 1 aromatic carbocycles. The standard InChI is InChI=1S/C22H28N6OS2/c1-3-30-18-10-6-5-9-16(18)21(29)23-11-14-28-20-17(15-24-28)19(27-12-7-8-13-27)25-22(26-20)31-4-2/h5-6,9-10,15H,3-4,7-8,11-14H2,1-2H3,(H,23,29). The molecule has 3 heterocycles. The Balaban J connectivity index is 1.50. The summed E-state index contributed by atoms with van der Waals surface area (Å²) in [6.07, 6.45) is 4.25. The van der Waals surface area contributed by atoms with Crippen LogP contribution in [0.4, 0.5) is 5.82 Å². The molecule has 0 bridgehead atoms. The van der Waals surface area contributed by atoms with Crippen LogP contribution in [0, 0.1) is 0 Å². The predicted molar refractivity (Wildman–Crippen MR) is 128 cm³/mol. The lowest BCUT2D eigenvalue weighted by atomic mass is 10.2. The number of nitrogens with one attached hydrogen (secondary N) is 1. The second-order valence-electron chi connectivity index (χ2n) is 7.25. The first kappa shape index (κ1) is 22.0. The van der Waals surface area contributed by atoms with Crippen molar-refractivity contribution in [1.29, 1.82) is 0 Å². The molecule has 2 aromatic heterocycles. The fraction of sp³-hybridized carbons (Fsp3) is 0.455. The third-order valence-electron chi connectivity index (χ3n) is 5.18. The number of hydrogen-bond donors (Lipinski definition) is 1. The molecule has 1 aliphatic heterocycles. The molecule has 4 rings (SSSR count). The Morgan fingerprint density at radius 1 is 1.10 bits per heavy atom. The maximum Gasteiger partial charge on any atom is 0.252 e. The number of aromatic nitrogens is 4. The van der Waals surface area contributed by atoms with Crippen LogP contribution in [0.25, 0.3) is 11.0 Å². The highest BCUT2D eigenvalue weighted by Crippen LogP contribution is 2.29. The molecule has 0 aliphatic carbocycles. The maximum absolute atomic E-state index is 12.7. The van der Waals surface area contributed by atoms with Gasteiger partial charge in [-0.25, -0.2) is 14.6 Å².